The number of nitrogens with two attached hydrogens (primary N) is 2. The minimum atomic E-state index is -0.477. The first-order valence-electron chi connectivity index (χ1n) is 10.3. The number of rotatable bonds is 4. The number of benzene rings is 2. The van der Waals surface area contributed by atoms with Gasteiger partial charge in [-0.2, -0.15) is 15.0 Å². The second kappa shape index (κ2) is 8.48. The fraction of sp³-hybridized carbons (Fsp3) is 0.125. The third kappa shape index (κ3) is 4.20. The second-order valence-corrected chi connectivity index (χ2v) is 8.03. The van der Waals surface area contributed by atoms with Crippen molar-refractivity contribution in [2.75, 3.05) is 11.5 Å². The van der Waals surface area contributed by atoms with Crippen molar-refractivity contribution in [2.24, 2.45) is 0 Å². The minimum absolute atomic E-state index is 0.0271. The number of ether oxygens (including phenoxy) is 1. The predicted molar refractivity (Wildman–Crippen MR) is 127 cm³/mol. The molecule has 0 spiro atoms. The normalized spacial score (nSPS) is 13.9. The Kier molecular flexibility index (Phi) is 5.35. The molecule has 0 radical (unpaired) electrons. The Hall–Kier alpha value is -4.04. The zero-order valence-electron chi connectivity index (χ0n) is 17.5. The monoisotopic (exact) mass is 458 g/mol. The number of esters is 1. The second-order valence-electron chi connectivity index (χ2n) is 7.60. The molecular formula is C24H19ClN6O2. The predicted octanol–water partition coefficient (Wildman–Crippen LogP) is 4.08. The lowest BCUT2D eigenvalue weighted by Crippen LogP contribution is -2.13. The van der Waals surface area contributed by atoms with Gasteiger partial charge in [-0.1, -0.05) is 41.9 Å². The molecule has 0 fully saturated rings. The van der Waals surface area contributed by atoms with Gasteiger partial charge in [-0.25, -0.2) is 9.78 Å². The van der Waals surface area contributed by atoms with Gasteiger partial charge >= 0.3 is 5.97 Å². The van der Waals surface area contributed by atoms with Crippen LogP contribution in [0.2, 0.25) is 5.02 Å². The molecule has 0 amide bonds. The first kappa shape index (κ1) is 20.8. The van der Waals surface area contributed by atoms with Crippen molar-refractivity contribution in [2.45, 2.75) is 19.4 Å². The molecule has 4 N–H and O–H groups in total. The zero-order valence-corrected chi connectivity index (χ0v) is 18.2. The van der Waals surface area contributed by atoms with Gasteiger partial charge < -0.3 is 16.2 Å². The van der Waals surface area contributed by atoms with Crippen LogP contribution in [0.1, 0.15) is 39.4 Å². The molecule has 0 saturated heterocycles. The number of carbonyl (C=O) groups is 1. The number of nitrogens with zero attached hydrogens (tertiary/aromatic N) is 4. The molecule has 33 heavy (non-hydrogen) atoms. The van der Waals surface area contributed by atoms with Crippen LogP contribution in [-0.4, -0.2) is 25.9 Å². The summed E-state index contributed by atoms with van der Waals surface area (Å²) in [6.07, 6.45) is 3.53. The van der Waals surface area contributed by atoms with Crippen LogP contribution in [-0.2, 0) is 17.8 Å². The zero-order chi connectivity index (χ0) is 22.9. The van der Waals surface area contributed by atoms with Crippen molar-refractivity contribution in [1.82, 2.24) is 19.9 Å². The van der Waals surface area contributed by atoms with Crippen molar-refractivity contribution in [3.05, 3.63) is 81.8 Å². The first-order chi connectivity index (χ1) is 16.0. The maximum absolute atomic E-state index is 13.2. The number of hydrogen-bond acceptors (Lipinski definition) is 8. The van der Waals surface area contributed by atoms with E-state index in [2.05, 4.69) is 21.0 Å². The minimum Gasteiger partial charge on any atom is -0.454 e. The number of fused-ring (bicyclic) bond motifs is 2. The van der Waals surface area contributed by atoms with Crippen molar-refractivity contribution in [1.29, 1.82) is 0 Å². The smallest absolute Gasteiger partial charge is 0.339 e. The Labute approximate surface area is 194 Å². The Balaban J connectivity index is 1.53. The molecule has 0 atom stereocenters. The summed E-state index contributed by atoms with van der Waals surface area (Å²) in [6, 6.07) is 15.1. The van der Waals surface area contributed by atoms with Crippen LogP contribution in [0.25, 0.3) is 22.6 Å². The molecule has 1 aliphatic rings. The van der Waals surface area contributed by atoms with Crippen LogP contribution in [0, 0.1) is 0 Å². The van der Waals surface area contributed by atoms with E-state index in [9.17, 15) is 4.79 Å². The fourth-order valence-corrected chi connectivity index (χ4v) is 4.12. The summed E-state index contributed by atoms with van der Waals surface area (Å²) in [7, 11) is 0. The van der Waals surface area contributed by atoms with E-state index in [-0.39, 0.29) is 24.3 Å². The van der Waals surface area contributed by atoms with Gasteiger partial charge in [0.15, 0.2) is 12.4 Å². The number of para-hydroxylation sites is 1. The highest BCUT2D eigenvalue weighted by Gasteiger charge is 2.27. The summed E-state index contributed by atoms with van der Waals surface area (Å²) in [5.41, 5.74) is 16.2. The summed E-state index contributed by atoms with van der Waals surface area (Å²) < 4.78 is 5.56. The number of nitrogen functional groups attached to an aromatic ring is 2. The number of anilines is 2. The maximum atomic E-state index is 13.2. The molecule has 8 nitrogen and oxygen atoms in total. The standard InChI is InChI=1S/C24H19ClN6O2/c25-15-8-5-13(6-9-15)11-14-7-10-17-20(16-3-1-2-4-18(16)28-21(14)17)22(32)33-12-19-29-23(26)31-24(27)30-19/h1-6,8-9,11H,7,10,12H2,(H4,26,27,29,30,31)/b14-11+. The number of aromatic nitrogens is 4. The number of hydrogen-bond donors (Lipinski definition) is 2. The fourth-order valence-electron chi connectivity index (χ4n) is 4.00. The van der Waals surface area contributed by atoms with Crippen LogP contribution in [0.4, 0.5) is 11.9 Å². The third-order valence-corrected chi connectivity index (χ3v) is 5.66. The lowest BCUT2D eigenvalue weighted by molar-refractivity contribution is 0.0463. The van der Waals surface area contributed by atoms with Gasteiger partial charge in [-0.05, 0) is 53.8 Å². The summed E-state index contributed by atoms with van der Waals surface area (Å²) >= 11 is 6.01. The molecule has 4 aromatic rings. The van der Waals surface area contributed by atoms with E-state index in [1.165, 1.54) is 0 Å². The Morgan fingerprint density at radius 1 is 0.970 bits per heavy atom. The number of allylic oxidation sites excluding steroid dienone is 1. The molecule has 0 bridgehead atoms. The first-order valence-corrected chi connectivity index (χ1v) is 10.7. The molecule has 1 aliphatic carbocycles. The topological polar surface area (TPSA) is 130 Å². The Morgan fingerprint density at radius 2 is 1.70 bits per heavy atom. The largest absolute Gasteiger partial charge is 0.454 e. The van der Waals surface area contributed by atoms with E-state index in [4.69, 9.17) is 32.8 Å². The summed E-state index contributed by atoms with van der Waals surface area (Å²) in [5, 5.41) is 1.42. The third-order valence-electron chi connectivity index (χ3n) is 5.41. The van der Waals surface area contributed by atoms with E-state index < -0.39 is 5.97 Å². The molecule has 5 rings (SSSR count). The highest BCUT2D eigenvalue weighted by Crippen LogP contribution is 2.38. The molecule has 164 valence electrons. The summed E-state index contributed by atoms with van der Waals surface area (Å²) in [5.74, 6) is -0.344. The van der Waals surface area contributed by atoms with Crippen molar-refractivity contribution in [3.63, 3.8) is 0 Å². The molecule has 0 saturated carbocycles. The Bertz CT molecular complexity index is 1400. The molecule has 2 aromatic heterocycles. The molecule has 9 heteroatoms. The van der Waals surface area contributed by atoms with Gasteiger partial charge in [0.1, 0.15) is 0 Å². The van der Waals surface area contributed by atoms with E-state index in [0.717, 1.165) is 39.7 Å². The number of halogens is 1. The van der Waals surface area contributed by atoms with Gasteiger partial charge in [0.05, 0.1) is 16.8 Å². The lowest BCUT2D eigenvalue weighted by Gasteiger charge is -2.12. The average molecular weight is 459 g/mol. The highest BCUT2D eigenvalue weighted by atomic mass is 35.5. The van der Waals surface area contributed by atoms with Gasteiger partial charge in [0, 0.05) is 10.4 Å². The molecule has 2 heterocycles. The number of carbonyl (C=O) groups excluding carboxylic acids is 1. The van der Waals surface area contributed by atoms with Crippen LogP contribution in [0.3, 0.4) is 0 Å². The lowest BCUT2D eigenvalue weighted by atomic mass is 10.0. The van der Waals surface area contributed by atoms with Gasteiger partial charge in [0.2, 0.25) is 11.9 Å². The van der Waals surface area contributed by atoms with E-state index in [1.807, 2.05) is 48.5 Å². The molecule has 2 aromatic carbocycles. The van der Waals surface area contributed by atoms with E-state index in [1.54, 1.807) is 0 Å². The molecular weight excluding hydrogens is 440 g/mol. The number of pyridine rings is 1. The van der Waals surface area contributed by atoms with Gasteiger partial charge in [0.25, 0.3) is 0 Å². The molecule has 0 unspecified atom stereocenters. The van der Waals surface area contributed by atoms with Crippen LogP contribution < -0.4 is 11.5 Å². The van der Waals surface area contributed by atoms with E-state index in [0.29, 0.717) is 17.0 Å². The van der Waals surface area contributed by atoms with Crippen molar-refractivity contribution in [3.8, 4) is 0 Å². The van der Waals surface area contributed by atoms with Gasteiger partial charge in [-0.3, -0.25) is 0 Å². The van der Waals surface area contributed by atoms with Crippen molar-refractivity contribution >= 4 is 52.0 Å². The van der Waals surface area contributed by atoms with Crippen LogP contribution in [0.15, 0.2) is 48.5 Å². The average Bonchev–Trinajstić information content (AvgIpc) is 3.18. The van der Waals surface area contributed by atoms with E-state index >= 15 is 0 Å². The molecule has 0 aliphatic heterocycles. The quantitative estimate of drug-likeness (QED) is 0.437. The van der Waals surface area contributed by atoms with Gasteiger partial charge in [-0.15, -0.1) is 0 Å². The summed E-state index contributed by atoms with van der Waals surface area (Å²) in [6.45, 7) is -0.172. The SMILES string of the molecule is Nc1nc(N)nc(COC(=O)c2c3c(nc4ccccc24)/C(=C/c2ccc(Cl)cc2)CC3)n1. The Morgan fingerprint density at radius 3 is 2.45 bits per heavy atom. The highest BCUT2D eigenvalue weighted by molar-refractivity contribution is 6.30. The maximum Gasteiger partial charge on any atom is 0.339 e. The van der Waals surface area contributed by atoms with Crippen molar-refractivity contribution < 1.29 is 9.53 Å². The van der Waals surface area contributed by atoms with Crippen LogP contribution >= 0.6 is 11.6 Å². The summed E-state index contributed by atoms with van der Waals surface area (Å²) in [4.78, 5) is 29.8. The van der Waals surface area contributed by atoms with Crippen LogP contribution in [0.5, 0.6) is 0 Å².